The molecule has 6 nitrogen and oxygen atoms in total. The Hall–Kier alpha value is -4.91. The Morgan fingerprint density at radius 2 is 1.47 bits per heavy atom. The van der Waals surface area contributed by atoms with Gasteiger partial charge in [-0.2, -0.15) is 0 Å². The number of carbonyl (C=O) groups excluding carboxylic acids is 3. The molecule has 0 aliphatic heterocycles. The van der Waals surface area contributed by atoms with Crippen molar-refractivity contribution in [1.82, 2.24) is 4.98 Å². The van der Waals surface area contributed by atoms with Crippen LogP contribution in [0.3, 0.4) is 0 Å². The minimum atomic E-state index is -1.50. The van der Waals surface area contributed by atoms with Crippen molar-refractivity contribution in [3.8, 4) is 0 Å². The van der Waals surface area contributed by atoms with Crippen molar-refractivity contribution in [2.45, 2.75) is 37.2 Å². The fraction of sp³-hybridized carbons (Fsp3) is 0.200. The van der Waals surface area contributed by atoms with Crippen molar-refractivity contribution in [2.24, 2.45) is 5.92 Å². The number of rotatable bonds is 12. The molecule has 1 unspecified atom stereocenters. The number of aliphatic hydroxyl groups is 1. The van der Waals surface area contributed by atoms with E-state index < -0.39 is 17.3 Å². The van der Waals surface area contributed by atoms with Crippen molar-refractivity contribution in [3.63, 3.8) is 0 Å². The third-order valence-electron chi connectivity index (χ3n) is 9.23. The Balaban J connectivity index is 1.22. The number of carbonyl (C=O) groups is 3. The average molecular weight is 641 g/mol. The normalized spacial score (nSPS) is 15.4. The van der Waals surface area contributed by atoms with Gasteiger partial charge in [0.15, 0.2) is 11.6 Å². The molecule has 0 radical (unpaired) electrons. The third-order valence-corrected chi connectivity index (χ3v) is 9.49. The molecule has 4 aromatic carbocycles. The van der Waals surface area contributed by atoms with Crippen LogP contribution in [0.25, 0.3) is 0 Å². The molecule has 0 saturated heterocycles. The van der Waals surface area contributed by atoms with Crippen molar-refractivity contribution in [1.29, 1.82) is 0 Å². The van der Waals surface area contributed by atoms with Gasteiger partial charge >= 0.3 is 0 Å². The van der Waals surface area contributed by atoms with Gasteiger partial charge in [-0.25, -0.2) is 0 Å². The minimum Gasteiger partial charge on any atom is -0.380 e. The summed E-state index contributed by atoms with van der Waals surface area (Å²) in [5.41, 5.74) is 3.06. The fourth-order valence-corrected chi connectivity index (χ4v) is 6.30. The predicted molar refractivity (Wildman–Crippen MR) is 183 cm³/mol. The van der Waals surface area contributed by atoms with Gasteiger partial charge in [-0.05, 0) is 91.3 Å². The van der Waals surface area contributed by atoms with E-state index in [2.05, 4.69) is 9.88 Å². The van der Waals surface area contributed by atoms with Gasteiger partial charge in [-0.3, -0.25) is 19.4 Å². The summed E-state index contributed by atoms with van der Waals surface area (Å²) in [4.78, 5) is 48.5. The van der Waals surface area contributed by atoms with Crippen LogP contribution in [0.15, 0.2) is 121 Å². The van der Waals surface area contributed by atoms with Gasteiger partial charge in [0.25, 0.3) is 0 Å². The van der Waals surface area contributed by atoms with Crippen LogP contribution < -0.4 is 4.90 Å². The van der Waals surface area contributed by atoms with Gasteiger partial charge < -0.3 is 10.0 Å². The van der Waals surface area contributed by atoms with Crippen molar-refractivity contribution < 1.29 is 19.5 Å². The summed E-state index contributed by atoms with van der Waals surface area (Å²) in [5, 5.41) is 11.8. The van der Waals surface area contributed by atoms with Crippen LogP contribution in [0.1, 0.15) is 79.7 Å². The molecule has 0 amide bonds. The first-order valence-corrected chi connectivity index (χ1v) is 16.3. The second kappa shape index (κ2) is 12.7. The number of anilines is 2. The fourth-order valence-electron chi connectivity index (χ4n) is 6.18. The second-order valence-corrected chi connectivity index (χ2v) is 12.9. The Labute approximate surface area is 278 Å². The molecule has 5 aromatic rings. The van der Waals surface area contributed by atoms with E-state index in [4.69, 9.17) is 11.6 Å². The maximum absolute atomic E-state index is 14.1. The Kier molecular flexibility index (Phi) is 8.31. The zero-order valence-electron chi connectivity index (χ0n) is 25.7. The van der Waals surface area contributed by atoms with Crippen LogP contribution in [0, 0.1) is 5.92 Å². The lowest BCUT2D eigenvalue weighted by atomic mass is 9.83. The number of nitrogens with zero attached hydrogens (tertiary/aromatic N) is 2. The lowest BCUT2D eigenvalue weighted by molar-refractivity contribution is 0.0742. The number of hydrogen-bond donors (Lipinski definition) is 1. The van der Waals surface area contributed by atoms with Gasteiger partial charge in [-0.1, -0.05) is 78.3 Å². The summed E-state index contributed by atoms with van der Waals surface area (Å²) < 4.78 is 0. The number of ketones is 3. The largest absolute Gasteiger partial charge is 0.380 e. The van der Waals surface area contributed by atoms with Gasteiger partial charge in [0.2, 0.25) is 5.78 Å². The van der Waals surface area contributed by atoms with E-state index in [-0.39, 0.29) is 34.0 Å². The highest BCUT2D eigenvalue weighted by molar-refractivity contribution is 6.30. The molecular formula is C40H33ClN2O4. The van der Waals surface area contributed by atoms with Gasteiger partial charge in [0.1, 0.15) is 11.8 Å². The van der Waals surface area contributed by atoms with E-state index in [1.807, 2.05) is 60.7 Å². The zero-order valence-corrected chi connectivity index (χ0v) is 26.4. The molecule has 0 bridgehead atoms. The van der Waals surface area contributed by atoms with E-state index in [1.54, 1.807) is 54.7 Å². The number of Topliss-reactive ketones (excluding diaryl/α,β-unsaturated/α-hetero) is 2. The summed E-state index contributed by atoms with van der Waals surface area (Å²) in [5.74, 6) is -0.609. The number of benzene rings is 4. The molecule has 47 heavy (non-hydrogen) atoms. The monoisotopic (exact) mass is 640 g/mol. The van der Waals surface area contributed by atoms with Gasteiger partial charge in [0.05, 0.1) is 17.3 Å². The van der Waals surface area contributed by atoms with Crippen LogP contribution in [0.2, 0.25) is 5.02 Å². The molecule has 234 valence electrons. The molecule has 1 N–H and O–H groups in total. The number of aromatic nitrogens is 1. The maximum Gasteiger partial charge on any atom is 0.211 e. The molecule has 7 rings (SSSR count). The molecule has 0 spiro atoms. The number of pyridine rings is 1. The third kappa shape index (κ3) is 6.27. The maximum atomic E-state index is 14.1. The highest BCUT2D eigenvalue weighted by Crippen LogP contribution is 2.51. The number of aliphatic hydroxyl groups excluding tert-OH is 1. The van der Waals surface area contributed by atoms with Crippen molar-refractivity contribution in [2.75, 3.05) is 11.4 Å². The van der Waals surface area contributed by atoms with E-state index in [9.17, 15) is 19.5 Å². The van der Waals surface area contributed by atoms with Crippen molar-refractivity contribution >= 4 is 40.3 Å². The quantitative estimate of drug-likeness (QED) is 0.138. The van der Waals surface area contributed by atoms with E-state index in [1.165, 1.54) is 18.9 Å². The first-order valence-electron chi connectivity index (χ1n) is 15.9. The number of hydrogen-bond acceptors (Lipinski definition) is 6. The topological polar surface area (TPSA) is 87.6 Å². The molecule has 2 fully saturated rings. The Morgan fingerprint density at radius 3 is 2.09 bits per heavy atom. The van der Waals surface area contributed by atoms with Gasteiger partial charge in [-0.15, -0.1) is 0 Å². The summed E-state index contributed by atoms with van der Waals surface area (Å²) in [6.07, 6.45) is 3.87. The van der Waals surface area contributed by atoms with Crippen molar-refractivity contribution in [3.05, 3.63) is 160 Å². The molecule has 2 saturated carbocycles. The van der Waals surface area contributed by atoms with Crippen LogP contribution in [-0.2, 0) is 5.41 Å². The predicted octanol–water partition coefficient (Wildman–Crippen LogP) is 8.34. The summed E-state index contributed by atoms with van der Waals surface area (Å²) >= 11 is 6.13. The zero-order chi connectivity index (χ0) is 32.5. The SMILES string of the molecule is O=C(c1ccc(C(=O)C2(c3ccccc3)CC2)c(C(=O)C(O)c2ccccc2)c1)c1ccc(N(CC2CC2)c2ccc(Cl)cc2)cn1. The van der Waals surface area contributed by atoms with Crippen LogP contribution in [0.5, 0.6) is 0 Å². The van der Waals surface area contributed by atoms with Crippen LogP contribution >= 0.6 is 11.6 Å². The van der Waals surface area contributed by atoms with Gasteiger partial charge in [0, 0.05) is 33.9 Å². The first-order chi connectivity index (χ1) is 22.8. The summed E-state index contributed by atoms with van der Waals surface area (Å²) in [7, 11) is 0. The Bertz CT molecular complexity index is 1930. The van der Waals surface area contributed by atoms with E-state index in [0.717, 1.165) is 23.5 Å². The Morgan fingerprint density at radius 1 is 0.809 bits per heavy atom. The van der Waals surface area contributed by atoms with Crippen LogP contribution in [0.4, 0.5) is 11.4 Å². The van der Waals surface area contributed by atoms with E-state index >= 15 is 0 Å². The molecule has 1 atom stereocenters. The molecule has 2 aliphatic rings. The lowest BCUT2D eigenvalue weighted by Crippen LogP contribution is -2.25. The summed E-state index contributed by atoms with van der Waals surface area (Å²) in [6, 6.07) is 33.9. The highest BCUT2D eigenvalue weighted by atomic mass is 35.5. The second-order valence-electron chi connectivity index (χ2n) is 12.5. The highest BCUT2D eigenvalue weighted by Gasteiger charge is 2.52. The number of halogens is 1. The molecule has 1 aromatic heterocycles. The lowest BCUT2D eigenvalue weighted by Gasteiger charge is -2.25. The minimum absolute atomic E-state index is 0.0226. The smallest absolute Gasteiger partial charge is 0.211 e. The molecule has 7 heteroatoms. The summed E-state index contributed by atoms with van der Waals surface area (Å²) in [6.45, 7) is 0.839. The molecular weight excluding hydrogens is 608 g/mol. The first kappa shape index (κ1) is 30.7. The average Bonchev–Trinajstić information content (AvgIpc) is 4.07. The molecule has 1 heterocycles. The molecule has 2 aliphatic carbocycles. The standard InChI is InChI=1S/C40H33ClN2O4/c41-30-14-16-31(17-15-30)43(25-26-11-12-26)32-18-20-35(42-24-32)36(44)28-13-19-33(39(47)40(21-22-40)29-9-5-2-6-10-29)34(23-28)38(46)37(45)27-7-3-1-4-8-27/h1-10,13-20,23-24,26,37,45H,11-12,21-22,25H2. The van der Waals surface area contributed by atoms with Crippen LogP contribution in [-0.4, -0.2) is 34.0 Å². The van der Waals surface area contributed by atoms with E-state index in [0.29, 0.717) is 29.3 Å².